The van der Waals surface area contributed by atoms with Gasteiger partial charge in [0.05, 0.1) is 0 Å². The van der Waals surface area contributed by atoms with Crippen molar-refractivity contribution in [1.29, 1.82) is 0 Å². The highest BCUT2D eigenvalue weighted by Crippen LogP contribution is 2.23. The van der Waals surface area contributed by atoms with Crippen LogP contribution in [0.25, 0.3) is 0 Å². The summed E-state index contributed by atoms with van der Waals surface area (Å²) in [5.41, 5.74) is 31.7. The number of anilines is 2. The highest BCUT2D eigenvalue weighted by molar-refractivity contribution is 5.98. The van der Waals surface area contributed by atoms with Crippen LogP contribution in [0.3, 0.4) is 0 Å². The number of benzene rings is 1. The number of hydrogen-bond acceptors (Lipinski definition) is 10. The molecule has 0 spiro atoms. The molecule has 1 aromatic carbocycles. The fourth-order valence-electron chi connectivity index (χ4n) is 4.14. The molecule has 1 aromatic heterocycles. The summed E-state index contributed by atoms with van der Waals surface area (Å²) in [6.45, 7) is 2.42. The molecule has 4 unspecified atom stereocenters. The summed E-state index contributed by atoms with van der Waals surface area (Å²) in [7, 11) is 0. The van der Waals surface area contributed by atoms with E-state index in [1.165, 1.54) is 0 Å². The highest BCUT2D eigenvalue weighted by atomic mass is 15.4. The maximum atomic E-state index is 6.21. The zero-order valence-corrected chi connectivity index (χ0v) is 17.5. The second-order valence-electron chi connectivity index (χ2n) is 8.42. The van der Waals surface area contributed by atoms with Crippen LogP contribution in [-0.2, 0) is 0 Å². The van der Waals surface area contributed by atoms with Crippen LogP contribution in [0.1, 0.15) is 18.4 Å². The molecule has 0 radical (unpaired) electrons. The fraction of sp³-hybridized carbons (Fsp3) is 0.500. The first-order valence-electron chi connectivity index (χ1n) is 10.5. The van der Waals surface area contributed by atoms with E-state index in [0.717, 1.165) is 18.4 Å². The molecule has 4 rings (SSSR count). The van der Waals surface area contributed by atoms with E-state index >= 15 is 0 Å². The van der Waals surface area contributed by atoms with Gasteiger partial charge in [-0.05, 0) is 12.8 Å². The minimum absolute atomic E-state index is 0.0536. The number of piperidine rings is 2. The summed E-state index contributed by atoms with van der Waals surface area (Å²) in [5.74, 6) is 1.50. The summed E-state index contributed by atoms with van der Waals surface area (Å²) in [6, 6.07) is 9.26. The van der Waals surface area contributed by atoms with Gasteiger partial charge in [0, 0.05) is 55.9 Å². The standard InChI is InChI=1S/C20H31N11/c21-13-6-14(22)9-30(8-13)19-27-18(26-17(25)12-4-2-1-3-5-12)28-20(29-19)31-10-15(23)7-16(24)11-31/h1-5,13-16H,6-11,21-24H2,(H2,25,26,27,28,29). The van der Waals surface area contributed by atoms with Gasteiger partial charge in [-0.25, -0.2) is 0 Å². The second kappa shape index (κ2) is 9.10. The smallest absolute Gasteiger partial charge is 0.257 e. The van der Waals surface area contributed by atoms with Crippen LogP contribution in [0.15, 0.2) is 35.3 Å². The summed E-state index contributed by atoms with van der Waals surface area (Å²) in [6.07, 6.45) is 1.52. The molecule has 2 fully saturated rings. The molecular formula is C20H31N11. The van der Waals surface area contributed by atoms with Crippen molar-refractivity contribution in [2.75, 3.05) is 36.0 Å². The summed E-state index contributed by atoms with van der Waals surface area (Å²) >= 11 is 0. The Kier molecular flexibility index (Phi) is 6.28. The molecular weight excluding hydrogens is 394 g/mol. The molecule has 0 amide bonds. The number of amidine groups is 1. The van der Waals surface area contributed by atoms with Crippen molar-refractivity contribution in [3.63, 3.8) is 0 Å². The summed E-state index contributed by atoms with van der Waals surface area (Å²) < 4.78 is 0. The van der Waals surface area contributed by atoms with Gasteiger partial charge in [-0.3, -0.25) is 0 Å². The second-order valence-corrected chi connectivity index (χ2v) is 8.42. The topological polar surface area (TPSA) is 188 Å². The zero-order valence-electron chi connectivity index (χ0n) is 17.5. The fourth-order valence-corrected chi connectivity index (χ4v) is 4.14. The van der Waals surface area contributed by atoms with Crippen LogP contribution in [0.4, 0.5) is 17.8 Å². The average Bonchev–Trinajstić information content (AvgIpc) is 2.73. The number of nitrogens with two attached hydrogens (primary N) is 5. The largest absolute Gasteiger partial charge is 0.383 e. The Balaban J connectivity index is 1.71. The van der Waals surface area contributed by atoms with Gasteiger partial charge in [0.15, 0.2) is 0 Å². The third-order valence-corrected chi connectivity index (χ3v) is 5.49. The number of nitrogens with zero attached hydrogens (tertiary/aromatic N) is 6. The van der Waals surface area contributed by atoms with E-state index < -0.39 is 0 Å². The molecule has 10 N–H and O–H groups in total. The minimum Gasteiger partial charge on any atom is -0.383 e. The van der Waals surface area contributed by atoms with Crippen LogP contribution in [0, 0.1) is 0 Å². The first-order chi connectivity index (χ1) is 14.9. The summed E-state index contributed by atoms with van der Waals surface area (Å²) in [5, 5.41) is 0. The monoisotopic (exact) mass is 425 g/mol. The predicted octanol–water partition coefficient (Wildman–Crippen LogP) is -1.36. The van der Waals surface area contributed by atoms with Gasteiger partial charge < -0.3 is 38.5 Å². The van der Waals surface area contributed by atoms with Crippen molar-refractivity contribution in [2.24, 2.45) is 33.7 Å². The first kappa shape index (κ1) is 21.4. The highest BCUT2D eigenvalue weighted by Gasteiger charge is 2.28. The molecule has 3 heterocycles. The van der Waals surface area contributed by atoms with Gasteiger partial charge in [0.1, 0.15) is 5.84 Å². The molecule has 0 saturated carbocycles. The van der Waals surface area contributed by atoms with Crippen LogP contribution in [0.5, 0.6) is 0 Å². The predicted molar refractivity (Wildman–Crippen MR) is 122 cm³/mol. The van der Waals surface area contributed by atoms with E-state index in [9.17, 15) is 0 Å². The van der Waals surface area contributed by atoms with Gasteiger partial charge in [0.2, 0.25) is 11.9 Å². The van der Waals surface area contributed by atoms with E-state index in [4.69, 9.17) is 33.7 Å². The maximum Gasteiger partial charge on any atom is 0.257 e. The van der Waals surface area contributed by atoms with Crippen LogP contribution < -0.4 is 38.5 Å². The lowest BCUT2D eigenvalue weighted by Gasteiger charge is -2.36. The molecule has 2 aliphatic heterocycles. The van der Waals surface area contributed by atoms with E-state index in [1.54, 1.807) is 0 Å². The molecule has 11 nitrogen and oxygen atoms in total. The Morgan fingerprint density at radius 1 is 0.742 bits per heavy atom. The Morgan fingerprint density at radius 3 is 1.65 bits per heavy atom. The third-order valence-electron chi connectivity index (χ3n) is 5.49. The van der Waals surface area contributed by atoms with E-state index in [0.29, 0.717) is 43.9 Å². The summed E-state index contributed by atoms with van der Waals surface area (Å²) in [4.78, 5) is 22.2. The molecule has 2 aliphatic rings. The molecule has 0 aliphatic carbocycles. The van der Waals surface area contributed by atoms with Gasteiger partial charge >= 0.3 is 0 Å². The Labute approximate surface area is 181 Å². The van der Waals surface area contributed by atoms with Crippen LogP contribution >= 0.6 is 0 Å². The van der Waals surface area contributed by atoms with Gasteiger partial charge in [-0.15, -0.1) is 0 Å². The molecule has 166 valence electrons. The van der Waals surface area contributed by atoms with Gasteiger partial charge in [-0.1, -0.05) is 30.3 Å². The van der Waals surface area contributed by atoms with E-state index in [2.05, 4.69) is 15.0 Å². The Bertz CT molecular complexity index is 854. The van der Waals surface area contributed by atoms with Crippen LogP contribution in [-0.4, -0.2) is 71.1 Å². The molecule has 0 bridgehead atoms. The molecule has 11 heteroatoms. The lowest BCUT2D eigenvalue weighted by molar-refractivity contribution is 0.441. The van der Waals surface area contributed by atoms with Crippen LogP contribution in [0.2, 0.25) is 0 Å². The Morgan fingerprint density at radius 2 is 1.19 bits per heavy atom. The first-order valence-corrected chi connectivity index (χ1v) is 10.5. The lowest BCUT2D eigenvalue weighted by Crippen LogP contribution is -2.54. The molecule has 31 heavy (non-hydrogen) atoms. The van der Waals surface area contributed by atoms with E-state index in [-0.39, 0.29) is 30.1 Å². The third kappa shape index (κ3) is 5.25. The number of hydrogen-bond donors (Lipinski definition) is 5. The van der Waals surface area contributed by atoms with Crippen molar-refractivity contribution >= 4 is 23.7 Å². The van der Waals surface area contributed by atoms with Crippen molar-refractivity contribution in [2.45, 2.75) is 37.0 Å². The maximum absolute atomic E-state index is 6.21. The quantitative estimate of drug-likeness (QED) is 0.289. The SMILES string of the molecule is NC(=Nc1nc(N2CC(N)CC(N)C2)nc(N2CC(N)CC(N)C2)n1)c1ccccc1. The molecule has 2 aromatic rings. The number of aliphatic imine (C=N–C) groups is 1. The normalized spacial score (nSPS) is 27.4. The van der Waals surface area contributed by atoms with Gasteiger partial charge in [0.25, 0.3) is 5.95 Å². The Hall–Kier alpha value is -2.86. The molecule has 2 saturated heterocycles. The van der Waals surface area contributed by atoms with Crippen molar-refractivity contribution in [3.05, 3.63) is 35.9 Å². The number of rotatable bonds is 4. The molecule has 4 atom stereocenters. The van der Waals surface area contributed by atoms with Crippen molar-refractivity contribution < 1.29 is 0 Å². The average molecular weight is 426 g/mol. The van der Waals surface area contributed by atoms with E-state index in [1.807, 2.05) is 40.1 Å². The lowest BCUT2D eigenvalue weighted by atomic mass is 10.0. The zero-order chi connectivity index (χ0) is 22.0. The minimum atomic E-state index is -0.0536. The van der Waals surface area contributed by atoms with Crippen molar-refractivity contribution in [3.8, 4) is 0 Å². The van der Waals surface area contributed by atoms with Crippen molar-refractivity contribution in [1.82, 2.24) is 15.0 Å². The number of aromatic nitrogens is 3. The van der Waals surface area contributed by atoms with Gasteiger partial charge in [-0.2, -0.15) is 19.9 Å².